The van der Waals surface area contributed by atoms with Gasteiger partial charge in [0.1, 0.15) is 28.7 Å². The molecule has 114 heavy (non-hydrogen) atoms. The summed E-state index contributed by atoms with van der Waals surface area (Å²) in [4.78, 5) is 123. The lowest BCUT2D eigenvalue weighted by atomic mass is 10.1. The molecule has 0 spiro atoms. The fraction of sp³-hybridized carbons (Fsp3) is 0.218. The molecule has 12 aromatic rings. The van der Waals surface area contributed by atoms with Crippen LogP contribution >= 0.6 is 0 Å². The molecule has 0 radical (unpaired) electrons. The maximum absolute atomic E-state index is 13.9. The molecule has 3 saturated heterocycles. The first kappa shape index (κ1) is 78.0. The number of ether oxygens (including phenoxy) is 1. The predicted molar refractivity (Wildman–Crippen MR) is 439 cm³/mol. The van der Waals surface area contributed by atoms with Crippen molar-refractivity contribution in [1.29, 1.82) is 0 Å². The van der Waals surface area contributed by atoms with Gasteiger partial charge in [0.15, 0.2) is 0 Å². The van der Waals surface area contributed by atoms with Gasteiger partial charge in [-0.3, -0.25) is 28.8 Å². The minimum atomic E-state index is -0.359. The maximum Gasteiger partial charge on any atom is 0.272 e. The summed E-state index contributed by atoms with van der Waals surface area (Å²) in [5, 5.41) is 12.0. The van der Waals surface area contributed by atoms with Crippen molar-refractivity contribution in [2.45, 2.75) is 40.5 Å². The highest BCUT2D eigenvalue weighted by molar-refractivity contribution is 5.97. The molecule has 3 aliphatic rings. The van der Waals surface area contributed by atoms with Crippen molar-refractivity contribution < 1.29 is 37.9 Å². The van der Waals surface area contributed by atoms with Crippen LogP contribution in [0.4, 0.5) is 56.1 Å². The molecule has 0 unspecified atom stereocenters. The average molecular weight is 1530 g/mol. The molecule has 5 N–H and O–H groups in total. The van der Waals surface area contributed by atoms with Crippen LogP contribution in [0.2, 0.25) is 0 Å². The quantitative estimate of drug-likeness (QED) is 0.0473. The number of piperazine rings is 3. The molecular formula is C87H86FN19O7. The molecule has 26 nitrogen and oxygen atoms in total. The minimum absolute atomic E-state index is 0.00303. The number of aromatic amines is 1. The Kier molecular flexibility index (Phi) is 25.4. The molecule has 27 heteroatoms. The van der Waals surface area contributed by atoms with E-state index < -0.39 is 0 Å². The van der Waals surface area contributed by atoms with E-state index in [2.05, 4.69) is 112 Å². The summed E-state index contributed by atoms with van der Waals surface area (Å²) in [6.45, 7) is 14.3. The molecule has 5 amide bonds. The molecule has 3 fully saturated rings. The van der Waals surface area contributed by atoms with Crippen LogP contribution in [0, 0.1) is 12.7 Å². The zero-order valence-electron chi connectivity index (χ0n) is 63.8. The number of nitrogens with zero attached hydrogens (tertiary/aromatic N) is 14. The van der Waals surface area contributed by atoms with Crippen LogP contribution in [0.25, 0.3) is 33.8 Å². The van der Waals surface area contributed by atoms with Crippen molar-refractivity contribution in [3.63, 3.8) is 0 Å². The zero-order chi connectivity index (χ0) is 79.5. The summed E-state index contributed by atoms with van der Waals surface area (Å²) in [5.41, 5.74) is 15.7. The van der Waals surface area contributed by atoms with Gasteiger partial charge in [-0.2, -0.15) is 0 Å². The Labute approximate surface area is 659 Å². The van der Waals surface area contributed by atoms with Gasteiger partial charge >= 0.3 is 0 Å². The van der Waals surface area contributed by atoms with Crippen LogP contribution in [-0.2, 0) is 27.2 Å². The molecule has 3 aliphatic heterocycles. The first-order valence-electron chi connectivity index (χ1n) is 37.4. The number of H-pyrrole nitrogens is 1. The molecule has 0 saturated carbocycles. The highest BCUT2D eigenvalue weighted by atomic mass is 19.1. The number of methoxy groups -OCH3 is 1. The molecular weight excluding hydrogens is 1440 g/mol. The number of ketones is 1. The molecule has 7 aromatic carbocycles. The van der Waals surface area contributed by atoms with Gasteiger partial charge < -0.3 is 60.4 Å². The molecule has 15 rings (SSSR count). The van der Waals surface area contributed by atoms with Gasteiger partial charge in [0.05, 0.1) is 36.7 Å². The standard InChI is InChI=1S/C30H29FN6O2.C29H29N7O3.C28H28N6O2/c1-20-26(4-3-5-27(20)31)29(39)37-18-16-36(17-19-37)25-12-10-24(11-13-25)34-30-32-15-14-28(35-30)22-6-8-23(9-7-22)33-21(2)38;1-20(37)32-22-7-5-21(6-8-22)26-13-15-31-29(34-26)33-23-9-11-24(12-10-23)35-16-18-36(19-17-35)28(38)25-4-3-14-30-27(25)39-2;1-20(35)16-21-2-6-23(7-3-21)25-10-11-30-27(32-25)17-22-4-8-24(9-5-22)33-12-14-34(15-13-33)28(36)26-18-29-19-31-26/h3-15H,16-19H2,1-2H3,(H,33,38)(H,32,34,35);3-15H,16-19H2,1-2H3,(H,32,37)(H,31,33,34);2-11,18-19H,12-17H2,1H3,(H,29,31). The topological polar surface area (TPSA) is 298 Å². The lowest BCUT2D eigenvalue weighted by Gasteiger charge is -2.36. The van der Waals surface area contributed by atoms with Gasteiger partial charge in [0.2, 0.25) is 29.6 Å². The average Bonchev–Trinajstić information content (AvgIpc) is 0.901. The summed E-state index contributed by atoms with van der Waals surface area (Å²) in [6.07, 6.45) is 11.0. The molecule has 0 bridgehead atoms. The number of amides is 5. The smallest absolute Gasteiger partial charge is 0.272 e. The normalized spacial score (nSPS) is 13.3. The number of anilines is 9. The number of rotatable bonds is 20. The van der Waals surface area contributed by atoms with Crippen molar-refractivity contribution in [1.82, 2.24) is 59.6 Å². The van der Waals surface area contributed by atoms with Crippen molar-refractivity contribution >= 4 is 87.0 Å². The summed E-state index contributed by atoms with van der Waals surface area (Å²) in [6, 6.07) is 61.2. The van der Waals surface area contributed by atoms with Crippen LogP contribution < -0.4 is 40.7 Å². The number of hydrogen-bond acceptors (Lipinski definition) is 20. The third kappa shape index (κ3) is 20.5. The van der Waals surface area contributed by atoms with Crippen molar-refractivity contribution in [3.8, 4) is 39.7 Å². The van der Waals surface area contributed by atoms with E-state index in [0.717, 1.165) is 117 Å². The van der Waals surface area contributed by atoms with E-state index in [4.69, 9.17) is 9.72 Å². The van der Waals surface area contributed by atoms with Crippen molar-refractivity contribution in [2.24, 2.45) is 0 Å². The van der Waals surface area contributed by atoms with Crippen LogP contribution in [0.3, 0.4) is 0 Å². The summed E-state index contributed by atoms with van der Waals surface area (Å²) >= 11 is 0. The fourth-order valence-electron chi connectivity index (χ4n) is 13.5. The van der Waals surface area contributed by atoms with Gasteiger partial charge in [-0.05, 0) is 158 Å². The Bertz CT molecular complexity index is 5310. The van der Waals surface area contributed by atoms with Crippen LogP contribution in [0.15, 0.2) is 231 Å². The summed E-state index contributed by atoms with van der Waals surface area (Å²) in [7, 11) is 1.52. The first-order valence-corrected chi connectivity index (χ1v) is 37.4. The van der Waals surface area contributed by atoms with E-state index in [1.165, 1.54) is 33.4 Å². The van der Waals surface area contributed by atoms with Gasteiger partial charge in [-0.15, -0.1) is 0 Å². The number of benzene rings is 7. The number of Topliss-reactive ketones (excluding diaryl/α,β-unsaturated/α-hetero) is 1. The van der Waals surface area contributed by atoms with E-state index in [1.807, 2.05) is 137 Å². The second kappa shape index (κ2) is 37.1. The van der Waals surface area contributed by atoms with E-state index in [0.29, 0.717) is 105 Å². The third-order valence-electron chi connectivity index (χ3n) is 19.5. The number of hydrogen-bond donors (Lipinski definition) is 5. The zero-order valence-corrected chi connectivity index (χ0v) is 63.8. The Morgan fingerprint density at radius 1 is 0.439 bits per heavy atom. The van der Waals surface area contributed by atoms with Gasteiger partial charge in [-0.25, -0.2) is 44.3 Å². The van der Waals surface area contributed by atoms with Gasteiger partial charge in [-0.1, -0.05) is 66.7 Å². The van der Waals surface area contributed by atoms with Crippen molar-refractivity contribution in [2.75, 3.05) is 122 Å². The second-order valence-electron chi connectivity index (χ2n) is 27.4. The van der Waals surface area contributed by atoms with Crippen molar-refractivity contribution in [3.05, 3.63) is 277 Å². The van der Waals surface area contributed by atoms with Crippen LogP contribution in [-0.4, -0.2) is 181 Å². The van der Waals surface area contributed by atoms with E-state index in [-0.39, 0.29) is 41.1 Å². The van der Waals surface area contributed by atoms with E-state index in [9.17, 15) is 33.2 Å². The molecule has 0 atom stereocenters. The molecule has 5 aromatic heterocycles. The number of imidazole rings is 1. The third-order valence-corrected chi connectivity index (χ3v) is 19.5. The van der Waals surface area contributed by atoms with Gasteiger partial charge in [0.25, 0.3) is 17.7 Å². The van der Waals surface area contributed by atoms with E-state index >= 15 is 0 Å². The molecule has 578 valence electrons. The summed E-state index contributed by atoms with van der Waals surface area (Å²) in [5.74, 6) is 1.45. The Hall–Kier alpha value is -14.1. The SMILES string of the molecule is CC(=O)Cc1ccc(-c2ccnc(Cc3ccc(N4CCN(C(=O)c5cnc[nH]5)CC4)cc3)n2)cc1.CC(=O)Nc1ccc(-c2ccnc(Nc3ccc(N4CCN(C(=O)c5cccc(F)c5C)CC4)cc3)n2)cc1.COc1ncccc1C(=O)N1CCN(c2ccc(Nc3nccc(-c4ccc(NC(C)=O)cc4)n3)cc2)CC1. The predicted octanol–water partition coefficient (Wildman–Crippen LogP) is 13.0. The Balaban J connectivity index is 0.000000149. The monoisotopic (exact) mass is 1530 g/mol. The number of halogens is 1. The Morgan fingerprint density at radius 2 is 0.860 bits per heavy atom. The number of carbonyl (C=O) groups excluding carboxylic acids is 6. The number of aromatic nitrogens is 9. The van der Waals surface area contributed by atoms with Gasteiger partial charge in [0, 0.05) is 192 Å². The Morgan fingerprint density at radius 3 is 1.32 bits per heavy atom. The summed E-state index contributed by atoms with van der Waals surface area (Å²) < 4.78 is 19.2. The highest BCUT2D eigenvalue weighted by Crippen LogP contribution is 2.30. The largest absolute Gasteiger partial charge is 0.480 e. The highest BCUT2D eigenvalue weighted by Gasteiger charge is 2.28. The minimum Gasteiger partial charge on any atom is -0.480 e. The lowest BCUT2D eigenvalue weighted by molar-refractivity contribution is -0.116. The molecule has 8 heterocycles. The fourth-order valence-corrected chi connectivity index (χ4v) is 13.5. The lowest BCUT2D eigenvalue weighted by Crippen LogP contribution is -2.49. The van der Waals surface area contributed by atoms with Crippen LogP contribution in [0.5, 0.6) is 5.88 Å². The number of pyridine rings is 1. The van der Waals surface area contributed by atoms with Crippen LogP contribution in [0.1, 0.15) is 74.5 Å². The molecule has 0 aliphatic carbocycles. The second-order valence-corrected chi connectivity index (χ2v) is 27.4. The number of nitrogens with one attached hydrogen (secondary N) is 5. The number of carbonyl (C=O) groups is 6. The maximum atomic E-state index is 13.9. The van der Waals surface area contributed by atoms with E-state index in [1.54, 1.807) is 74.0 Å². The first-order chi connectivity index (χ1) is 55.4.